The third-order valence-electron chi connectivity index (χ3n) is 2.27. The number of aliphatic hydroxyl groups excluding tert-OH is 1. The van der Waals surface area contributed by atoms with Crippen LogP contribution in [0.15, 0.2) is 18.2 Å². The third kappa shape index (κ3) is 3.01. The molecule has 17 heavy (non-hydrogen) atoms. The number of phenolic OH excluding ortho intramolecular Hbond substituents is 1. The zero-order valence-corrected chi connectivity index (χ0v) is 8.90. The number of hydrogen-bond acceptors (Lipinski definition) is 4. The molecule has 1 aromatic rings. The molecule has 1 rings (SSSR count). The summed E-state index contributed by atoms with van der Waals surface area (Å²) < 4.78 is 41.6. The first-order valence-electron chi connectivity index (χ1n) is 4.64. The lowest BCUT2D eigenvalue weighted by molar-refractivity contribution is -0.210. The van der Waals surface area contributed by atoms with Gasteiger partial charge in [-0.05, 0) is 18.2 Å². The van der Waals surface area contributed by atoms with Crippen molar-refractivity contribution < 1.29 is 28.1 Å². The van der Waals surface area contributed by atoms with E-state index in [2.05, 4.69) is 0 Å². The molecule has 0 aliphatic carbocycles. The predicted molar refractivity (Wildman–Crippen MR) is 53.6 cm³/mol. The summed E-state index contributed by atoms with van der Waals surface area (Å²) in [5.74, 6) is -0.191. The molecule has 0 unspecified atom stereocenters. The van der Waals surface area contributed by atoms with Crippen molar-refractivity contribution in [3.8, 4) is 11.5 Å². The van der Waals surface area contributed by atoms with Crippen LogP contribution >= 0.6 is 0 Å². The number of rotatable bonds is 3. The summed E-state index contributed by atoms with van der Waals surface area (Å²) >= 11 is 0. The van der Waals surface area contributed by atoms with Gasteiger partial charge in [0, 0.05) is 5.56 Å². The van der Waals surface area contributed by atoms with Gasteiger partial charge in [-0.3, -0.25) is 0 Å². The normalized spacial score (nSPS) is 15.4. The monoisotopic (exact) mass is 251 g/mol. The number of alkyl halides is 3. The number of ether oxygens (including phenoxy) is 1. The standard InChI is InChI=1S/C10H12F3NO3/c1-17-5-2-3-7(15)6(4-5)8(14)9(16)10(11,12)13/h2-4,8-9,15-16H,14H2,1H3/t8-,9-/m0/s1. The van der Waals surface area contributed by atoms with Crippen molar-refractivity contribution in [1.82, 2.24) is 0 Å². The molecular formula is C10H12F3NO3. The van der Waals surface area contributed by atoms with Gasteiger partial charge in [0.1, 0.15) is 11.5 Å². The maximum absolute atomic E-state index is 12.3. The SMILES string of the molecule is COc1ccc(O)c([C@H](N)[C@H](O)C(F)(F)F)c1. The molecule has 7 heteroatoms. The smallest absolute Gasteiger partial charge is 0.416 e. The third-order valence-corrected chi connectivity index (χ3v) is 2.27. The quantitative estimate of drug-likeness (QED) is 0.757. The molecule has 0 aliphatic heterocycles. The van der Waals surface area contributed by atoms with Crippen LogP contribution in [0.5, 0.6) is 11.5 Å². The maximum atomic E-state index is 12.3. The average Bonchev–Trinajstić information content (AvgIpc) is 2.26. The van der Waals surface area contributed by atoms with Crippen LogP contribution in [0.2, 0.25) is 0 Å². The molecule has 0 fully saturated rings. The number of benzene rings is 1. The first-order chi connectivity index (χ1) is 7.77. The van der Waals surface area contributed by atoms with E-state index in [4.69, 9.17) is 15.6 Å². The van der Waals surface area contributed by atoms with Crippen LogP contribution in [0, 0.1) is 0 Å². The summed E-state index contributed by atoms with van der Waals surface area (Å²) in [7, 11) is 1.32. The highest BCUT2D eigenvalue weighted by atomic mass is 19.4. The highest BCUT2D eigenvalue weighted by Crippen LogP contribution is 2.34. The van der Waals surface area contributed by atoms with Crippen molar-refractivity contribution in [2.75, 3.05) is 7.11 Å². The van der Waals surface area contributed by atoms with Gasteiger partial charge in [-0.1, -0.05) is 0 Å². The fourth-order valence-corrected chi connectivity index (χ4v) is 1.30. The Labute approximate surface area is 95.4 Å². The van der Waals surface area contributed by atoms with E-state index in [9.17, 15) is 18.3 Å². The lowest BCUT2D eigenvalue weighted by atomic mass is 10.0. The molecule has 0 aliphatic rings. The van der Waals surface area contributed by atoms with E-state index in [1.165, 1.54) is 13.2 Å². The lowest BCUT2D eigenvalue weighted by Gasteiger charge is -2.22. The van der Waals surface area contributed by atoms with Gasteiger partial charge in [0.25, 0.3) is 0 Å². The van der Waals surface area contributed by atoms with Crippen molar-refractivity contribution in [3.05, 3.63) is 23.8 Å². The van der Waals surface area contributed by atoms with Crippen LogP contribution in [0.3, 0.4) is 0 Å². The number of hydrogen-bond donors (Lipinski definition) is 3. The van der Waals surface area contributed by atoms with Gasteiger partial charge in [0.2, 0.25) is 0 Å². The second-order valence-corrected chi connectivity index (χ2v) is 3.44. The first kappa shape index (κ1) is 13.6. The molecule has 0 spiro atoms. The van der Waals surface area contributed by atoms with Gasteiger partial charge >= 0.3 is 6.18 Å². The minimum atomic E-state index is -4.85. The molecule has 0 saturated heterocycles. The summed E-state index contributed by atoms with van der Waals surface area (Å²) in [6.45, 7) is 0. The van der Waals surface area contributed by atoms with E-state index >= 15 is 0 Å². The van der Waals surface area contributed by atoms with Crippen molar-refractivity contribution in [2.45, 2.75) is 18.3 Å². The molecule has 0 radical (unpaired) electrons. The Morgan fingerprint density at radius 3 is 2.41 bits per heavy atom. The van der Waals surface area contributed by atoms with Crippen LogP contribution in [0.4, 0.5) is 13.2 Å². The van der Waals surface area contributed by atoms with Crippen LogP contribution < -0.4 is 10.5 Å². The van der Waals surface area contributed by atoms with Gasteiger partial charge in [-0.2, -0.15) is 13.2 Å². The zero-order valence-electron chi connectivity index (χ0n) is 8.90. The Hall–Kier alpha value is -1.47. The number of phenols is 1. The summed E-state index contributed by atoms with van der Waals surface area (Å²) in [4.78, 5) is 0. The van der Waals surface area contributed by atoms with Gasteiger partial charge in [-0.25, -0.2) is 0 Å². The van der Waals surface area contributed by atoms with E-state index in [1.54, 1.807) is 0 Å². The van der Waals surface area contributed by atoms with E-state index in [0.717, 1.165) is 12.1 Å². The molecule has 2 atom stereocenters. The number of aromatic hydroxyl groups is 1. The summed E-state index contributed by atoms with van der Waals surface area (Å²) in [5.41, 5.74) is 5.04. The van der Waals surface area contributed by atoms with Crippen LogP contribution in [-0.4, -0.2) is 29.6 Å². The van der Waals surface area contributed by atoms with E-state index in [1.807, 2.05) is 0 Å². The van der Waals surface area contributed by atoms with Crippen LogP contribution in [0.1, 0.15) is 11.6 Å². The van der Waals surface area contributed by atoms with Gasteiger partial charge in [0.15, 0.2) is 6.10 Å². The highest BCUT2D eigenvalue weighted by molar-refractivity contribution is 5.41. The molecule has 96 valence electrons. The number of aliphatic hydroxyl groups is 1. The topological polar surface area (TPSA) is 75.7 Å². The van der Waals surface area contributed by atoms with Crippen molar-refractivity contribution in [3.63, 3.8) is 0 Å². The minimum Gasteiger partial charge on any atom is -0.508 e. The predicted octanol–water partition coefficient (Wildman–Crippen LogP) is 1.32. The minimum absolute atomic E-state index is 0.228. The van der Waals surface area contributed by atoms with E-state index < -0.39 is 24.1 Å². The van der Waals surface area contributed by atoms with Gasteiger partial charge < -0.3 is 20.7 Å². The van der Waals surface area contributed by atoms with Crippen molar-refractivity contribution in [2.24, 2.45) is 5.73 Å². The molecular weight excluding hydrogens is 239 g/mol. The number of nitrogens with two attached hydrogens (primary N) is 1. The number of methoxy groups -OCH3 is 1. The maximum Gasteiger partial charge on any atom is 0.416 e. The first-order valence-corrected chi connectivity index (χ1v) is 4.64. The van der Waals surface area contributed by atoms with Gasteiger partial charge in [0.05, 0.1) is 13.2 Å². The lowest BCUT2D eigenvalue weighted by Crippen LogP contribution is -2.38. The molecule has 0 saturated carbocycles. The molecule has 4 nitrogen and oxygen atoms in total. The fourth-order valence-electron chi connectivity index (χ4n) is 1.30. The Morgan fingerprint density at radius 2 is 1.94 bits per heavy atom. The Morgan fingerprint density at radius 1 is 1.35 bits per heavy atom. The second-order valence-electron chi connectivity index (χ2n) is 3.44. The fraction of sp³-hybridized carbons (Fsp3) is 0.400. The molecule has 1 aromatic carbocycles. The van der Waals surface area contributed by atoms with Gasteiger partial charge in [-0.15, -0.1) is 0 Å². The van der Waals surface area contributed by atoms with Crippen LogP contribution in [-0.2, 0) is 0 Å². The second kappa shape index (κ2) is 4.80. The van der Waals surface area contributed by atoms with Crippen LogP contribution in [0.25, 0.3) is 0 Å². The Kier molecular flexibility index (Phi) is 3.84. The largest absolute Gasteiger partial charge is 0.508 e. The Balaban J connectivity index is 3.07. The van der Waals surface area contributed by atoms with E-state index in [-0.39, 0.29) is 11.3 Å². The summed E-state index contributed by atoms with van der Waals surface area (Å²) in [6.07, 6.45) is -7.60. The highest BCUT2D eigenvalue weighted by Gasteiger charge is 2.43. The molecule has 0 bridgehead atoms. The molecule has 0 aromatic heterocycles. The van der Waals surface area contributed by atoms with E-state index in [0.29, 0.717) is 0 Å². The molecule has 4 N–H and O–H groups in total. The summed E-state index contributed by atoms with van der Waals surface area (Å²) in [6, 6.07) is 1.89. The summed E-state index contributed by atoms with van der Waals surface area (Å²) in [5, 5.41) is 18.4. The molecule has 0 heterocycles. The molecule has 0 amide bonds. The average molecular weight is 251 g/mol. The zero-order chi connectivity index (χ0) is 13.2. The number of halogens is 3. The Bertz CT molecular complexity index is 395. The van der Waals surface area contributed by atoms with Crippen molar-refractivity contribution >= 4 is 0 Å². The van der Waals surface area contributed by atoms with Crippen molar-refractivity contribution in [1.29, 1.82) is 0 Å².